The lowest BCUT2D eigenvalue weighted by Gasteiger charge is -2.35. The van der Waals surface area contributed by atoms with E-state index in [0.717, 1.165) is 28.3 Å². The Morgan fingerprint density at radius 3 is 2.27 bits per heavy atom. The van der Waals surface area contributed by atoms with Gasteiger partial charge in [0.2, 0.25) is 0 Å². The number of carbonyl (C=O) groups is 1. The number of hydrogen-bond donors (Lipinski definition) is 0. The molecule has 1 aliphatic rings. The van der Waals surface area contributed by atoms with Crippen LogP contribution in [0.25, 0.3) is 16.7 Å². The van der Waals surface area contributed by atoms with Gasteiger partial charge in [-0.1, -0.05) is 17.7 Å². The van der Waals surface area contributed by atoms with E-state index >= 15 is 0 Å². The monoisotopic (exact) mass is 442 g/mol. The Balaban J connectivity index is 1.37. The molecule has 5 rings (SSSR count). The average molecular weight is 443 g/mol. The number of methoxy groups -OCH3 is 1. The summed E-state index contributed by atoms with van der Waals surface area (Å²) in [4.78, 5) is 26.4. The molecule has 168 valence electrons. The zero-order valence-corrected chi connectivity index (χ0v) is 19.0. The molecular weight excluding hydrogens is 416 g/mol. The van der Waals surface area contributed by atoms with Crippen molar-refractivity contribution in [2.45, 2.75) is 13.8 Å². The topological polar surface area (TPSA) is 76.4 Å². The summed E-state index contributed by atoms with van der Waals surface area (Å²) < 4.78 is 7.04. The molecule has 0 radical (unpaired) electrons. The lowest BCUT2D eigenvalue weighted by atomic mass is 10.1. The molecule has 0 atom stereocenters. The van der Waals surface area contributed by atoms with Crippen LogP contribution < -0.4 is 9.64 Å². The number of amides is 1. The van der Waals surface area contributed by atoms with E-state index in [1.54, 1.807) is 7.11 Å². The number of benzene rings is 2. The van der Waals surface area contributed by atoms with Crippen molar-refractivity contribution in [2.24, 2.45) is 0 Å². The molecule has 1 fully saturated rings. The number of aryl methyl sites for hydroxylation is 2. The second kappa shape index (κ2) is 8.54. The number of nitrogens with zero attached hydrogens (tertiary/aromatic N) is 6. The minimum atomic E-state index is 0.0357. The van der Waals surface area contributed by atoms with E-state index in [0.29, 0.717) is 37.6 Å². The minimum Gasteiger partial charge on any atom is -0.497 e. The Morgan fingerprint density at radius 2 is 1.61 bits per heavy atom. The lowest BCUT2D eigenvalue weighted by molar-refractivity contribution is 0.0746. The van der Waals surface area contributed by atoms with Gasteiger partial charge < -0.3 is 14.5 Å². The second-order valence-electron chi connectivity index (χ2n) is 8.23. The zero-order valence-electron chi connectivity index (χ0n) is 19.0. The first-order valence-electron chi connectivity index (χ1n) is 11.0. The van der Waals surface area contributed by atoms with Gasteiger partial charge in [0.25, 0.3) is 5.91 Å². The highest BCUT2D eigenvalue weighted by atomic mass is 16.5. The smallest absolute Gasteiger partial charge is 0.253 e. The van der Waals surface area contributed by atoms with Gasteiger partial charge in [-0.05, 0) is 50.2 Å². The van der Waals surface area contributed by atoms with Crippen molar-refractivity contribution in [1.82, 2.24) is 24.6 Å². The van der Waals surface area contributed by atoms with Crippen LogP contribution in [0.15, 0.2) is 54.7 Å². The van der Waals surface area contributed by atoms with E-state index in [4.69, 9.17) is 9.72 Å². The molecule has 0 bridgehead atoms. The first kappa shape index (κ1) is 20.9. The average Bonchev–Trinajstić information content (AvgIpc) is 3.27. The third kappa shape index (κ3) is 4.00. The molecule has 0 spiro atoms. The molecule has 1 saturated heterocycles. The van der Waals surface area contributed by atoms with Crippen LogP contribution in [0.5, 0.6) is 5.75 Å². The van der Waals surface area contributed by atoms with Crippen LogP contribution in [0.1, 0.15) is 21.7 Å². The maximum atomic E-state index is 12.9. The van der Waals surface area contributed by atoms with Crippen molar-refractivity contribution < 1.29 is 9.53 Å². The van der Waals surface area contributed by atoms with Gasteiger partial charge in [0.1, 0.15) is 17.4 Å². The SMILES string of the molecule is COc1ccc(C(=O)N2CCN(c3nc(C)nc4c3cnn4-c3ccc(C)cc3)CC2)cc1. The molecule has 0 aliphatic carbocycles. The summed E-state index contributed by atoms with van der Waals surface area (Å²) in [5.41, 5.74) is 3.63. The lowest BCUT2D eigenvalue weighted by Crippen LogP contribution is -2.49. The third-order valence-electron chi connectivity index (χ3n) is 6.00. The molecular formula is C25H26N6O2. The summed E-state index contributed by atoms with van der Waals surface area (Å²) in [6.45, 7) is 6.61. The quantitative estimate of drug-likeness (QED) is 0.482. The highest BCUT2D eigenvalue weighted by Crippen LogP contribution is 2.27. The molecule has 2 aromatic heterocycles. The molecule has 4 aromatic rings. The van der Waals surface area contributed by atoms with E-state index in [-0.39, 0.29) is 5.91 Å². The molecule has 3 heterocycles. The first-order valence-corrected chi connectivity index (χ1v) is 11.0. The van der Waals surface area contributed by atoms with Gasteiger partial charge >= 0.3 is 0 Å². The molecule has 2 aromatic carbocycles. The summed E-state index contributed by atoms with van der Waals surface area (Å²) in [5.74, 6) is 2.34. The van der Waals surface area contributed by atoms with Gasteiger partial charge in [-0.25, -0.2) is 14.6 Å². The highest BCUT2D eigenvalue weighted by Gasteiger charge is 2.25. The predicted molar refractivity (Wildman–Crippen MR) is 127 cm³/mol. The normalized spacial score (nSPS) is 14.0. The maximum Gasteiger partial charge on any atom is 0.253 e. The van der Waals surface area contributed by atoms with Crippen LogP contribution in [0.3, 0.4) is 0 Å². The van der Waals surface area contributed by atoms with Crippen molar-refractivity contribution >= 4 is 22.8 Å². The molecule has 0 saturated carbocycles. The van der Waals surface area contributed by atoms with Crippen molar-refractivity contribution in [2.75, 3.05) is 38.2 Å². The van der Waals surface area contributed by atoms with Gasteiger partial charge in [-0.15, -0.1) is 0 Å². The summed E-state index contributed by atoms with van der Waals surface area (Å²) in [7, 11) is 1.62. The van der Waals surface area contributed by atoms with E-state index in [1.165, 1.54) is 5.56 Å². The van der Waals surface area contributed by atoms with E-state index in [9.17, 15) is 4.79 Å². The van der Waals surface area contributed by atoms with Crippen molar-refractivity contribution in [3.8, 4) is 11.4 Å². The number of aromatic nitrogens is 4. The molecule has 33 heavy (non-hydrogen) atoms. The Bertz CT molecular complexity index is 1290. The molecule has 1 amide bonds. The van der Waals surface area contributed by atoms with Crippen LogP contribution in [-0.2, 0) is 0 Å². The van der Waals surface area contributed by atoms with Crippen molar-refractivity contribution in [3.63, 3.8) is 0 Å². The van der Waals surface area contributed by atoms with Gasteiger partial charge in [0.15, 0.2) is 5.65 Å². The standard InChI is InChI=1S/C25H26N6O2/c1-17-4-8-20(9-5-17)31-24-22(16-26-31)23(27-18(2)28-24)29-12-14-30(15-13-29)25(32)19-6-10-21(33-3)11-7-19/h4-11,16H,12-15H2,1-3H3. The third-order valence-corrected chi connectivity index (χ3v) is 6.00. The maximum absolute atomic E-state index is 12.9. The van der Waals surface area contributed by atoms with E-state index in [2.05, 4.69) is 34.0 Å². The van der Waals surface area contributed by atoms with Crippen molar-refractivity contribution in [1.29, 1.82) is 0 Å². The number of anilines is 1. The highest BCUT2D eigenvalue weighted by molar-refractivity contribution is 5.94. The number of hydrogen-bond acceptors (Lipinski definition) is 6. The van der Waals surface area contributed by atoms with Crippen LogP contribution >= 0.6 is 0 Å². The number of rotatable bonds is 4. The molecule has 8 heteroatoms. The van der Waals surface area contributed by atoms with Crippen LogP contribution in [0.4, 0.5) is 5.82 Å². The van der Waals surface area contributed by atoms with Gasteiger partial charge in [0.05, 0.1) is 24.4 Å². The second-order valence-corrected chi connectivity index (χ2v) is 8.23. The summed E-state index contributed by atoms with van der Waals surface area (Å²) >= 11 is 0. The van der Waals surface area contributed by atoms with Crippen LogP contribution in [-0.4, -0.2) is 63.8 Å². The Kier molecular flexibility index (Phi) is 5.42. The molecule has 0 N–H and O–H groups in total. The first-order chi connectivity index (χ1) is 16.0. The molecule has 1 aliphatic heterocycles. The molecule has 0 unspecified atom stereocenters. The summed E-state index contributed by atoms with van der Waals surface area (Å²) in [6.07, 6.45) is 1.83. The molecule has 8 nitrogen and oxygen atoms in total. The van der Waals surface area contributed by atoms with Gasteiger partial charge in [-0.3, -0.25) is 4.79 Å². The van der Waals surface area contributed by atoms with E-state index in [1.807, 2.05) is 59.1 Å². The number of piperazine rings is 1. The summed E-state index contributed by atoms with van der Waals surface area (Å²) in [6, 6.07) is 15.5. The Hall–Kier alpha value is -3.94. The van der Waals surface area contributed by atoms with Crippen molar-refractivity contribution in [3.05, 3.63) is 71.7 Å². The fourth-order valence-electron chi connectivity index (χ4n) is 4.15. The number of ether oxygens (including phenoxy) is 1. The van der Waals surface area contributed by atoms with Crippen LogP contribution in [0.2, 0.25) is 0 Å². The minimum absolute atomic E-state index is 0.0357. The van der Waals surface area contributed by atoms with Gasteiger partial charge in [0, 0.05) is 31.7 Å². The Morgan fingerprint density at radius 1 is 0.909 bits per heavy atom. The van der Waals surface area contributed by atoms with Gasteiger partial charge in [-0.2, -0.15) is 5.10 Å². The predicted octanol–water partition coefficient (Wildman–Crippen LogP) is 3.40. The largest absolute Gasteiger partial charge is 0.497 e. The summed E-state index contributed by atoms with van der Waals surface area (Å²) in [5, 5.41) is 5.51. The fraction of sp³-hybridized carbons (Fsp3) is 0.280. The van der Waals surface area contributed by atoms with Crippen LogP contribution in [0, 0.1) is 13.8 Å². The fourth-order valence-corrected chi connectivity index (χ4v) is 4.15. The number of fused-ring (bicyclic) bond motifs is 1. The van der Waals surface area contributed by atoms with E-state index < -0.39 is 0 Å². The number of carbonyl (C=O) groups excluding carboxylic acids is 1. The Labute approximate surface area is 192 Å². The zero-order chi connectivity index (χ0) is 22.9.